The average Bonchev–Trinajstić information content (AvgIpc) is 2.69. The highest BCUT2D eigenvalue weighted by molar-refractivity contribution is 6.29. The van der Waals surface area contributed by atoms with Gasteiger partial charge in [0.15, 0.2) is 0 Å². The van der Waals surface area contributed by atoms with Crippen molar-refractivity contribution in [1.82, 2.24) is 0 Å². The van der Waals surface area contributed by atoms with Gasteiger partial charge in [0.2, 0.25) is 0 Å². The molecular formula is C24H22N2O3. The summed E-state index contributed by atoms with van der Waals surface area (Å²) in [6.45, 7) is 5.94. The van der Waals surface area contributed by atoms with Crippen LogP contribution in [0.5, 0.6) is 0 Å². The van der Waals surface area contributed by atoms with Crippen LogP contribution in [-0.4, -0.2) is 10.8 Å². The molecule has 3 aromatic carbocycles. The summed E-state index contributed by atoms with van der Waals surface area (Å²) in [6.07, 6.45) is 1.68. The van der Waals surface area contributed by atoms with Crippen molar-refractivity contribution in [2.24, 2.45) is 0 Å². The van der Waals surface area contributed by atoms with Crippen LogP contribution in [0.15, 0.2) is 66.7 Å². The molecule has 1 N–H and O–H groups in total. The molecule has 0 aromatic heterocycles. The smallest absolute Gasteiger partial charge is 0.270 e. The Kier molecular flexibility index (Phi) is 5.88. The maximum atomic E-state index is 13.2. The third kappa shape index (κ3) is 4.76. The van der Waals surface area contributed by atoms with Gasteiger partial charge >= 0.3 is 0 Å². The molecule has 0 aliphatic carbocycles. The van der Waals surface area contributed by atoms with Gasteiger partial charge in [-0.2, -0.15) is 0 Å². The van der Waals surface area contributed by atoms with E-state index in [1.807, 2.05) is 63.2 Å². The van der Waals surface area contributed by atoms with E-state index in [0.29, 0.717) is 11.1 Å². The van der Waals surface area contributed by atoms with E-state index in [-0.39, 0.29) is 11.6 Å². The number of benzene rings is 3. The molecule has 0 unspecified atom stereocenters. The second-order valence-corrected chi connectivity index (χ2v) is 7.00. The maximum Gasteiger partial charge on any atom is 0.270 e. The van der Waals surface area contributed by atoms with E-state index in [9.17, 15) is 14.9 Å². The Morgan fingerprint density at radius 1 is 0.931 bits per heavy atom. The van der Waals surface area contributed by atoms with Gasteiger partial charge in [0, 0.05) is 23.4 Å². The van der Waals surface area contributed by atoms with Gasteiger partial charge in [-0.15, -0.1) is 0 Å². The first-order valence-corrected chi connectivity index (χ1v) is 9.26. The zero-order valence-electron chi connectivity index (χ0n) is 16.6. The van der Waals surface area contributed by atoms with Crippen molar-refractivity contribution in [3.05, 3.63) is 105 Å². The van der Waals surface area contributed by atoms with Gasteiger partial charge in [-0.1, -0.05) is 60.2 Å². The van der Waals surface area contributed by atoms with Gasteiger partial charge < -0.3 is 5.32 Å². The lowest BCUT2D eigenvalue weighted by atomic mass is 10.0. The Balaban J connectivity index is 2.04. The lowest BCUT2D eigenvalue weighted by Crippen LogP contribution is -2.15. The van der Waals surface area contributed by atoms with Gasteiger partial charge in [-0.05, 0) is 49.1 Å². The van der Waals surface area contributed by atoms with E-state index in [1.54, 1.807) is 18.2 Å². The average molecular weight is 386 g/mol. The molecule has 29 heavy (non-hydrogen) atoms. The molecule has 5 nitrogen and oxygen atoms in total. The van der Waals surface area contributed by atoms with Crippen LogP contribution in [0.4, 0.5) is 11.4 Å². The Hall–Kier alpha value is -3.73. The predicted molar refractivity (Wildman–Crippen MR) is 117 cm³/mol. The van der Waals surface area contributed by atoms with Crippen molar-refractivity contribution in [1.29, 1.82) is 0 Å². The predicted octanol–water partition coefficient (Wildman–Crippen LogP) is 5.70. The molecule has 0 bridgehead atoms. The van der Waals surface area contributed by atoms with E-state index < -0.39 is 4.92 Å². The van der Waals surface area contributed by atoms with Crippen molar-refractivity contribution in [3.63, 3.8) is 0 Å². The number of rotatable bonds is 5. The minimum Gasteiger partial charge on any atom is -0.321 e. The monoisotopic (exact) mass is 386 g/mol. The highest BCUT2D eigenvalue weighted by Crippen LogP contribution is 2.26. The number of nitrogens with zero attached hydrogens (tertiary/aromatic N) is 1. The zero-order chi connectivity index (χ0) is 21.0. The Labute approximate surface area is 169 Å². The van der Waals surface area contributed by atoms with Crippen molar-refractivity contribution in [3.8, 4) is 0 Å². The molecule has 0 saturated carbocycles. The van der Waals surface area contributed by atoms with Gasteiger partial charge in [0.1, 0.15) is 0 Å². The zero-order valence-corrected chi connectivity index (χ0v) is 16.6. The highest BCUT2D eigenvalue weighted by atomic mass is 16.6. The van der Waals surface area contributed by atoms with Gasteiger partial charge in [0.25, 0.3) is 11.6 Å². The number of hydrogen-bond acceptors (Lipinski definition) is 3. The van der Waals surface area contributed by atoms with Crippen molar-refractivity contribution >= 4 is 28.9 Å². The molecule has 0 radical (unpaired) electrons. The fourth-order valence-electron chi connectivity index (χ4n) is 3.35. The quantitative estimate of drug-likeness (QED) is 0.265. The first kappa shape index (κ1) is 20.0. The summed E-state index contributed by atoms with van der Waals surface area (Å²) in [5, 5.41) is 14.1. The summed E-state index contributed by atoms with van der Waals surface area (Å²) in [6, 6.07) is 19.6. The molecule has 1 amide bonds. The summed E-state index contributed by atoms with van der Waals surface area (Å²) in [5.74, 6) is -0.266. The summed E-state index contributed by atoms with van der Waals surface area (Å²) < 4.78 is 0. The molecule has 0 saturated heterocycles. The van der Waals surface area contributed by atoms with Crippen LogP contribution in [-0.2, 0) is 4.79 Å². The second-order valence-electron chi connectivity index (χ2n) is 7.00. The number of nitro benzene ring substituents is 1. The number of carbonyl (C=O) groups is 1. The van der Waals surface area contributed by atoms with Crippen molar-refractivity contribution in [2.75, 3.05) is 5.32 Å². The number of nitro groups is 1. The normalized spacial score (nSPS) is 11.2. The summed E-state index contributed by atoms with van der Waals surface area (Å²) >= 11 is 0. The maximum absolute atomic E-state index is 13.2. The number of carbonyl (C=O) groups excluding carboxylic acids is 1. The van der Waals surface area contributed by atoms with Crippen molar-refractivity contribution < 1.29 is 9.72 Å². The Morgan fingerprint density at radius 3 is 2.21 bits per heavy atom. The fraction of sp³-hybridized carbons (Fsp3) is 0.125. The number of aryl methyl sites for hydroxylation is 3. The van der Waals surface area contributed by atoms with E-state index in [0.717, 1.165) is 27.9 Å². The fourth-order valence-corrected chi connectivity index (χ4v) is 3.35. The molecule has 0 aliphatic heterocycles. The Bertz CT molecular complexity index is 1080. The van der Waals surface area contributed by atoms with Crippen LogP contribution in [0.25, 0.3) is 11.6 Å². The summed E-state index contributed by atoms with van der Waals surface area (Å²) in [7, 11) is 0. The lowest BCUT2D eigenvalue weighted by Gasteiger charge is -2.15. The van der Waals surface area contributed by atoms with Gasteiger partial charge in [0.05, 0.1) is 4.92 Å². The van der Waals surface area contributed by atoms with E-state index >= 15 is 0 Å². The molecule has 3 aromatic rings. The minimum absolute atomic E-state index is 0.0169. The van der Waals surface area contributed by atoms with Crippen LogP contribution >= 0.6 is 0 Å². The van der Waals surface area contributed by atoms with Crippen LogP contribution < -0.4 is 5.32 Å². The highest BCUT2D eigenvalue weighted by Gasteiger charge is 2.16. The minimum atomic E-state index is -0.446. The largest absolute Gasteiger partial charge is 0.321 e. The standard InChI is InChI=1S/C24H22N2O3/c1-16-12-17(2)23(18(3)13-16)25-24(27)22(20-9-5-4-6-10-20)15-19-8-7-11-21(14-19)26(28)29/h4-15H,1-3H3,(H,25,27)/b22-15+. The number of non-ortho nitro benzene ring substituents is 1. The van der Waals surface area contributed by atoms with Gasteiger partial charge in [-0.3, -0.25) is 14.9 Å². The molecular weight excluding hydrogens is 364 g/mol. The molecule has 0 atom stereocenters. The molecule has 3 rings (SSSR count). The first-order valence-electron chi connectivity index (χ1n) is 9.26. The molecule has 0 heterocycles. The topological polar surface area (TPSA) is 72.2 Å². The number of hydrogen-bond donors (Lipinski definition) is 1. The third-order valence-corrected chi connectivity index (χ3v) is 4.64. The molecule has 0 spiro atoms. The molecule has 0 fully saturated rings. The number of nitrogens with one attached hydrogen (secondary N) is 1. The van der Waals surface area contributed by atoms with E-state index in [4.69, 9.17) is 0 Å². The summed E-state index contributed by atoms with van der Waals surface area (Å²) in [5.41, 5.74) is 5.62. The molecule has 5 heteroatoms. The van der Waals surface area contributed by atoms with Crippen LogP contribution in [0.2, 0.25) is 0 Å². The second kappa shape index (κ2) is 8.52. The van der Waals surface area contributed by atoms with Crippen LogP contribution in [0.3, 0.4) is 0 Å². The van der Waals surface area contributed by atoms with E-state index in [1.165, 1.54) is 12.1 Å². The Morgan fingerprint density at radius 2 is 1.59 bits per heavy atom. The summed E-state index contributed by atoms with van der Waals surface area (Å²) in [4.78, 5) is 23.9. The number of anilines is 1. The van der Waals surface area contributed by atoms with Crippen LogP contribution in [0, 0.1) is 30.9 Å². The molecule has 146 valence electrons. The van der Waals surface area contributed by atoms with Crippen molar-refractivity contribution in [2.45, 2.75) is 20.8 Å². The van der Waals surface area contributed by atoms with Gasteiger partial charge in [-0.25, -0.2) is 0 Å². The SMILES string of the molecule is Cc1cc(C)c(NC(=O)/C(=C/c2cccc([N+](=O)[O-])c2)c2ccccc2)c(C)c1. The van der Waals surface area contributed by atoms with E-state index in [2.05, 4.69) is 5.32 Å². The molecule has 0 aliphatic rings. The lowest BCUT2D eigenvalue weighted by molar-refractivity contribution is -0.384. The third-order valence-electron chi connectivity index (χ3n) is 4.64. The van der Waals surface area contributed by atoms with Crippen LogP contribution in [0.1, 0.15) is 27.8 Å². The first-order chi connectivity index (χ1) is 13.8. The number of amides is 1.